The fourth-order valence-corrected chi connectivity index (χ4v) is 3.00. The maximum absolute atomic E-state index is 11.6. The third-order valence-corrected chi connectivity index (χ3v) is 4.22. The first kappa shape index (κ1) is 19.7. The minimum atomic E-state index is 0. The van der Waals surface area contributed by atoms with Crippen molar-refractivity contribution in [2.45, 2.75) is 38.3 Å². The Morgan fingerprint density at radius 1 is 1.39 bits per heavy atom. The summed E-state index contributed by atoms with van der Waals surface area (Å²) in [5.41, 5.74) is 6.61. The van der Waals surface area contributed by atoms with E-state index in [-0.39, 0.29) is 18.3 Å². The molecule has 0 aliphatic carbocycles. The zero-order valence-corrected chi connectivity index (χ0v) is 14.6. The number of hydrogen-bond donors (Lipinski definition) is 2. The summed E-state index contributed by atoms with van der Waals surface area (Å²) in [6.07, 6.45) is 3.96. The smallest absolute Gasteiger partial charge is 0.221 e. The van der Waals surface area contributed by atoms with Crippen molar-refractivity contribution < 1.29 is 9.53 Å². The highest BCUT2D eigenvalue weighted by molar-refractivity contribution is 5.85. The first-order valence-corrected chi connectivity index (χ1v) is 8.07. The molecule has 3 N–H and O–H groups in total. The lowest BCUT2D eigenvalue weighted by molar-refractivity contribution is -0.121. The van der Waals surface area contributed by atoms with Crippen molar-refractivity contribution in [1.29, 1.82) is 0 Å². The number of rotatable bonds is 7. The van der Waals surface area contributed by atoms with Crippen molar-refractivity contribution in [2.24, 2.45) is 5.73 Å². The second-order valence-electron chi connectivity index (χ2n) is 5.77. The molecule has 1 fully saturated rings. The van der Waals surface area contributed by atoms with E-state index < -0.39 is 0 Å². The summed E-state index contributed by atoms with van der Waals surface area (Å²) < 4.78 is 5.44. The van der Waals surface area contributed by atoms with E-state index in [9.17, 15) is 4.79 Å². The predicted octanol–water partition coefficient (Wildman–Crippen LogP) is 1.94. The van der Waals surface area contributed by atoms with Crippen LogP contribution >= 0.6 is 12.4 Å². The minimum absolute atomic E-state index is 0. The molecule has 130 valence electrons. The van der Waals surface area contributed by atoms with E-state index >= 15 is 0 Å². The molecule has 1 amide bonds. The van der Waals surface area contributed by atoms with E-state index in [1.54, 1.807) is 7.11 Å². The van der Waals surface area contributed by atoms with Crippen molar-refractivity contribution in [1.82, 2.24) is 10.2 Å². The van der Waals surface area contributed by atoms with Gasteiger partial charge < -0.3 is 15.8 Å². The average Bonchev–Trinajstić information content (AvgIpc) is 2.55. The Labute approximate surface area is 145 Å². The van der Waals surface area contributed by atoms with Gasteiger partial charge in [0.15, 0.2) is 0 Å². The number of nitrogens with zero attached hydrogens (tertiary/aromatic N) is 1. The van der Waals surface area contributed by atoms with Gasteiger partial charge in [-0.05, 0) is 25.5 Å². The first-order valence-electron chi connectivity index (χ1n) is 8.07. The SMILES string of the molecule is COc1ccccc1CN1CCCCC1CNC(=O)CCN.Cl. The molecule has 1 saturated heterocycles. The predicted molar refractivity (Wildman–Crippen MR) is 95.0 cm³/mol. The standard InChI is InChI=1S/C17H27N3O2.ClH/c1-22-16-8-3-2-6-14(16)13-20-11-5-4-7-15(20)12-19-17(21)9-10-18;/h2-3,6,8,15H,4-5,7,9-13,18H2,1H3,(H,19,21);1H. The van der Waals surface area contributed by atoms with E-state index in [4.69, 9.17) is 10.5 Å². The lowest BCUT2D eigenvalue weighted by Crippen LogP contribution is -2.46. The zero-order chi connectivity index (χ0) is 15.8. The molecule has 2 rings (SSSR count). The largest absolute Gasteiger partial charge is 0.496 e. The molecule has 23 heavy (non-hydrogen) atoms. The Morgan fingerprint density at radius 3 is 2.91 bits per heavy atom. The van der Waals surface area contributed by atoms with Crippen LogP contribution < -0.4 is 15.8 Å². The van der Waals surface area contributed by atoms with Gasteiger partial charge in [0.25, 0.3) is 0 Å². The van der Waals surface area contributed by atoms with Crippen molar-refractivity contribution in [2.75, 3.05) is 26.7 Å². The summed E-state index contributed by atoms with van der Waals surface area (Å²) in [6, 6.07) is 8.53. The molecular formula is C17H28ClN3O2. The lowest BCUT2D eigenvalue weighted by Gasteiger charge is -2.36. The van der Waals surface area contributed by atoms with Gasteiger partial charge in [-0.25, -0.2) is 0 Å². The molecule has 0 bridgehead atoms. The van der Waals surface area contributed by atoms with Gasteiger partial charge in [-0.1, -0.05) is 24.6 Å². The van der Waals surface area contributed by atoms with Crippen LogP contribution in [-0.2, 0) is 11.3 Å². The fourth-order valence-electron chi connectivity index (χ4n) is 3.00. The average molecular weight is 342 g/mol. The maximum atomic E-state index is 11.6. The van der Waals surface area contributed by atoms with Gasteiger partial charge in [-0.3, -0.25) is 9.69 Å². The van der Waals surface area contributed by atoms with E-state index in [0.717, 1.165) is 25.3 Å². The quantitative estimate of drug-likeness (QED) is 0.795. The maximum Gasteiger partial charge on any atom is 0.221 e. The third-order valence-electron chi connectivity index (χ3n) is 4.22. The third kappa shape index (κ3) is 6.01. The fraction of sp³-hybridized carbons (Fsp3) is 0.588. The van der Waals surface area contributed by atoms with E-state index in [2.05, 4.69) is 16.3 Å². The molecular weight excluding hydrogens is 314 g/mol. The summed E-state index contributed by atoms with van der Waals surface area (Å²) in [4.78, 5) is 14.1. The number of amides is 1. The van der Waals surface area contributed by atoms with Gasteiger partial charge >= 0.3 is 0 Å². The molecule has 1 heterocycles. The minimum Gasteiger partial charge on any atom is -0.496 e. The number of piperidine rings is 1. The van der Waals surface area contributed by atoms with Gasteiger partial charge in [-0.2, -0.15) is 0 Å². The molecule has 0 saturated carbocycles. The van der Waals surface area contributed by atoms with E-state index in [0.29, 0.717) is 25.6 Å². The van der Waals surface area contributed by atoms with Crippen LogP contribution in [0.3, 0.4) is 0 Å². The molecule has 1 unspecified atom stereocenters. The Bertz CT molecular complexity index is 485. The number of likely N-dealkylation sites (tertiary alicyclic amines) is 1. The van der Waals surface area contributed by atoms with Crippen LogP contribution in [0.4, 0.5) is 0 Å². The van der Waals surface area contributed by atoms with Gasteiger partial charge in [0.2, 0.25) is 5.91 Å². The van der Waals surface area contributed by atoms with Crippen LogP contribution in [0.25, 0.3) is 0 Å². The number of nitrogens with one attached hydrogen (secondary N) is 1. The van der Waals surface area contributed by atoms with Crippen LogP contribution in [0.2, 0.25) is 0 Å². The van der Waals surface area contributed by atoms with Gasteiger partial charge in [-0.15, -0.1) is 12.4 Å². The van der Waals surface area contributed by atoms with E-state index in [1.165, 1.54) is 18.4 Å². The Morgan fingerprint density at radius 2 is 2.17 bits per heavy atom. The second-order valence-corrected chi connectivity index (χ2v) is 5.77. The number of benzene rings is 1. The lowest BCUT2D eigenvalue weighted by atomic mass is 10.0. The Balaban J connectivity index is 0.00000264. The highest BCUT2D eigenvalue weighted by atomic mass is 35.5. The molecule has 1 aliphatic rings. The highest BCUT2D eigenvalue weighted by Crippen LogP contribution is 2.24. The number of para-hydroxylation sites is 1. The molecule has 5 nitrogen and oxygen atoms in total. The zero-order valence-electron chi connectivity index (χ0n) is 13.8. The summed E-state index contributed by atoms with van der Waals surface area (Å²) >= 11 is 0. The monoisotopic (exact) mass is 341 g/mol. The second kappa shape index (κ2) is 10.5. The van der Waals surface area contributed by atoms with Crippen LogP contribution in [0.15, 0.2) is 24.3 Å². The molecule has 0 radical (unpaired) electrons. The number of methoxy groups -OCH3 is 1. The summed E-state index contributed by atoms with van der Waals surface area (Å²) in [6.45, 7) is 3.03. The van der Waals surface area contributed by atoms with Gasteiger partial charge in [0.05, 0.1) is 7.11 Å². The molecule has 6 heteroatoms. The molecule has 1 atom stereocenters. The van der Waals surface area contributed by atoms with E-state index in [1.807, 2.05) is 18.2 Å². The highest BCUT2D eigenvalue weighted by Gasteiger charge is 2.23. The molecule has 0 aromatic heterocycles. The summed E-state index contributed by atoms with van der Waals surface area (Å²) in [5.74, 6) is 0.976. The van der Waals surface area contributed by atoms with Gasteiger partial charge in [0.1, 0.15) is 5.75 Å². The van der Waals surface area contributed by atoms with Crippen molar-refractivity contribution in [3.63, 3.8) is 0 Å². The number of carbonyl (C=O) groups is 1. The Hall–Kier alpha value is -1.30. The van der Waals surface area contributed by atoms with Crippen LogP contribution in [0, 0.1) is 0 Å². The van der Waals surface area contributed by atoms with Crippen LogP contribution in [-0.4, -0.2) is 43.6 Å². The van der Waals surface area contributed by atoms with Crippen molar-refractivity contribution >= 4 is 18.3 Å². The molecule has 0 spiro atoms. The topological polar surface area (TPSA) is 67.6 Å². The number of nitrogens with two attached hydrogens (primary N) is 1. The number of ether oxygens (including phenoxy) is 1. The number of halogens is 1. The normalized spacial score (nSPS) is 18.1. The molecule has 1 aromatic rings. The van der Waals surface area contributed by atoms with Crippen molar-refractivity contribution in [3.8, 4) is 5.75 Å². The van der Waals surface area contributed by atoms with Crippen LogP contribution in [0.1, 0.15) is 31.2 Å². The molecule has 1 aliphatic heterocycles. The number of hydrogen-bond acceptors (Lipinski definition) is 4. The van der Waals surface area contributed by atoms with Gasteiger partial charge in [0, 0.05) is 37.7 Å². The molecule has 1 aromatic carbocycles. The number of carbonyl (C=O) groups excluding carboxylic acids is 1. The van der Waals surface area contributed by atoms with Crippen LogP contribution in [0.5, 0.6) is 5.75 Å². The summed E-state index contributed by atoms with van der Waals surface area (Å²) in [5, 5.41) is 3.01. The van der Waals surface area contributed by atoms with Crippen molar-refractivity contribution in [3.05, 3.63) is 29.8 Å². The summed E-state index contributed by atoms with van der Waals surface area (Å²) in [7, 11) is 1.71. The Kier molecular flexibility index (Phi) is 8.99. The first-order chi connectivity index (χ1) is 10.7.